The minimum absolute atomic E-state index is 0.0118. The van der Waals surface area contributed by atoms with Crippen molar-refractivity contribution >= 4 is 0 Å². The van der Waals surface area contributed by atoms with Crippen LogP contribution in [0.3, 0.4) is 0 Å². The van der Waals surface area contributed by atoms with Gasteiger partial charge in [0.2, 0.25) is 0 Å². The summed E-state index contributed by atoms with van der Waals surface area (Å²) >= 11 is 0. The maximum absolute atomic E-state index is 11.2. The summed E-state index contributed by atoms with van der Waals surface area (Å²) in [6.07, 6.45) is 16.5. The summed E-state index contributed by atoms with van der Waals surface area (Å²) in [6.45, 7) is 18.9. The molecule has 0 aromatic carbocycles. The summed E-state index contributed by atoms with van der Waals surface area (Å²) < 4.78 is 48.2. The zero-order valence-corrected chi connectivity index (χ0v) is 36.8. The van der Waals surface area contributed by atoms with Gasteiger partial charge in [-0.2, -0.15) is 0 Å². The van der Waals surface area contributed by atoms with Crippen LogP contribution in [0.5, 0.6) is 0 Å². The van der Waals surface area contributed by atoms with E-state index in [1.165, 1.54) is 0 Å². The Bertz CT molecular complexity index is 1290. The zero-order valence-electron chi connectivity index (χ0n) is 36.8. The predicted octanol–water partition coefficient (Wildman–Crippen LogP) is 7.40. The largest absolute Gasteiger partial charge is 0.390 e. The molecule has 4 aliphatic heterocycles. The van der Waals surface area contributed by atoms with Gasteiger partial charge in [0.15, 0.2) is 0 Å². The maximum Gasteiger partial charge on any atom is 0.111 e. The third-order valence-electron chi connectivity index (χ3n) is 13.3. The lowest BCUT2D eigenvalue weighted by atomic mass is 9.81. The highest BCUT2D eigenvalue weighted by molar-refractivity contribution is 5.19. The van der Waals surface area contributed by atoms with E-state index in [-0.39, 0.29) is 96.9 Å². The van der Waals surface area contributed by atoms with Gasteiger partial charge in [-0.05, 0) is 83.3 Å². The predicted molar refractivity (Wildman–Crippen MR) is 221 cm³/mol. The van der Waals surface area contributed by atoms with Gasteiger partial charge in [-0.15, -0.1) is 0 Å². The van der Waals surface area contributed by atoms with Gasteiger partial charge in [0.1, 0.15) is 24.4 Å². The number of rotatable bonds is 22. The minimum atomic E-state index is -0.607. The molecule has 322 valence electrons. The number of aliphatic hydroxyl groups excluding tert-OH is 2. The van der Waals surface area contributed by atoms with E-state index in [9.17, 15) is 10.2 Å². The molecule has 10 heteroatoms. The molecule has 0 saturated carbocycles. The monoisotopic (exact) mass is 791 g/mol. The number of aliphatic hydroxyl groups is 2. The molecule has 4 aliphatic rings. The van der Waals surface area contributed by atoms with Crippen molar-refractivity contribution in [2.75, 3.05) is 28.4 Å². The lowest BCUT2D eigenvalue weighted by Gasteiger charge is -2.41. The Hall–Kier alpha value is -1.44. The van der Waals surface area contributed by atoms with Gasteiger partial charge in [0.25, 0.3) is 0 Å². The number of hydrogen-bond donors (Lipinski definition) is 2. The van der Waals surface area contributed by atoms with Crippen LogP contribution in [-0.4, -0.2) is 124 Å². The van der Waals surface area contributed by atoms with Crippen molar-refractivity contribution in [3.63, 3.8) is 0 Å². The molecule has 0 amide bonds. The normalized spacial score (nSPS) is 37.2. The highest BCUT2D eigenvalue weighted by atomic mass is 16.6. The standard InChI is InChI=1S/C46H78O10/c1-14-35(49-10)32(8)42-45(55-42)38(47)27(3)18-16-20-29(5)41-44(52-13)34(25-31(7)54-41)22-24-36(50-11)33(9)43-46(56-43)39(48)26(2)17-15-19-28(4)40-37(51-12)23-21-30(6)53-40/h15-20,26-27,30-48H,14,21-25H2,1-13H3/b17-15+,18-16+,28-19+,29-20+/t26-,27-,30-,31-,32+,33+,34?,35-,36-,37+,38+,39+,40-,41-,42+,43+,44-,45+,46+/m0/s1. The third kappa shape index (κ3) is 12.3. The van der Waals surface area contributed by atoms with Gasteiger partial charge in [0, 0.05) is 52.1 Å². The van der Waals surface area contributed by atoms with Gasteiger partial charge < -0.3 is 48.1 Å². The van der Waals surface area contributed by atoms with Gasteiger partial charge in [0.05, 0.1) is 61.0 Å². The number of allylic oxidation sites excluding steroid dienone is 4. The summed E-state index contributed by atoms with van der Waals surface area (Å²) in [7, 11) is 7.04. The van der Waals surface area contributed by atoms with E-state index in [1.807, 2.05) is 38.2 Å². The minimum Gasteiger partial charge on any atom is -0.390 e. The number of methoxy groups -OCH3 is 4. The molecule has 56 heavy (non-hydrogen) atoms. The second kappa shape index (κ2) is 22.2. The fourth-order valence-corrected chi connectivity index (χ4v) is 9.35. The average molecular weight is 791 g/mol. The molecular formula is C46H78O10. The third-order valence-corrected chi connectivity index (χ3v) is 13.3. The molecule has 4 rings (SSSR count). The van der Waals surface area contributed by atoms with Crippen molar-refractivity contribution in [3.8, 4) is 0 Å². The second-order valence-corrected chi connectivity index (χ2v) is 17.5. The summed E-state index contributed by atoms with van der Waals surface area (Å²) in [5.41, 5.74) is 2.22. The Balaban J connectivity index is 1.27. The van der Waals surface area contributed by atoms with Gasteiger partial charge >= 0.3 is 0 Å². The maximum atomic E-state index is 11.2. The Kier molecular flexibility index (Phi) is 18.8. The number of hydrogen-bond acceptors (Lipinski definition) is 10. The lowest BCUT2D eigenvalue weighted by Crippen LogP contribution is -2.46. The average Bonchev–Trinajstić information content (AvgIpc) is 4.12. The van der Waals surface area contributed by atoms with Crippen LogP contribution in [-0.2, 0) is 37.9 Å². The van der Waals surface area contributed by atoms with Crippen LogP contribution >= 0.6 is 0 Å². The van der Waals surface area contributed by atoms with Crippen LogP contribution in [0.15, 0.2) is 47.6 Å². The van der Waals surface area contributed by atoms with Gasteiger partial charge in [-0.25, -0.2) is 0 Å². The van der Waals surface area contributed by atoms with Crippen molar-refractivity contribution in [1.82, 2.24) is 0 Å². The van der Waals surface area contributed by atoms with Crippen LogP contribution in [0, 0.1) is 29.6 Å². The highest BCUT2D eigenvalue weighted by Crippen LogP contribution is 2.41. The Morgan fingerprint density at radius 2 is 1.20 bits per heavy atom. The molecule has 0 spiro atoms. The molecule has 19 atom stereocenters. The van der Waals surface area contributed by atoms with Gasteiger partial charge in [-0.3, -0.25) is 0 Å². The first-order valence-electron chi connectivity index (χ1n) is 21.5. The fourth-order valence-electron chi connectivity index (χ4n) is 9.35. The van der Waals surface area contributed by atoms with Crippen LogP contribution in [0.1, 0.15) is 101 Å². The fraction of sp³-hybridized carbons (Fsp3) is 0.826. The molecular weight excluding hydrogens is 712 g/mol. The molecule has 0 aromatic heterocycles. The molecule has 0 aliphatic carbocycles. The molecule has 0 radical (unpaired) electrons. The molecule has 10 nitrogen and oxygen atoms in total. The molecule has 1 unspecified atom stereocenters. The Morgan fingerprint density at radius 1 is 0.679 bits per heavy atom. The van der Waals surface area contributed by atoms with Crippen molar-refractivity contribution in [3.05, 3.63) is 47.6 Å². The van der Waals surface area contributed by atoms with E-state index in [4.69, 9.17) is 37.9 Å². The Morgan fingerprint density at radius 3 is 1.70 bits per heavy atom. The SMILES string of the molecule is CC[C@H](OC)[C@@H](C)[C@H]1O[C@@H]1[C@H](O)[C@@H](C)/C=C/C=C(\C)[C@@H]1O[C@@H](C)CC(CC[C@H](OC)[C@@H](C)[C@H]2O[C@@H]2[C@H](O)[C@@H](C)/C=C/C=C(\C)[C@@H]2O[C@@H](C)CC[C@H]2OC)[C@@H]1OC. The molecule has 0 aromatic rings. The van der Waals surface area contributed by atoms with Gasteiger partial charge in [-0.1, -0.05) is 71.1 Å². The summed E-state index contributed by atoms with van der Waals surface area (Å²) in [6, 6.07) is 0. The Labute approximate surface area is 339 Å². The molecule has 2 N–H and O–H groups in total. The smallest absolute Gasteiger partial charge is 0.111 e. The lowest BCUT2D eigenvalue weighted by molar-refractivity contribution is -0.139. The second-order valence-electron chi connectivity index (χ2n) is 17.5. The van der Waals surface area contributed by atoms with Crippen LogP contribution in [0.4, 0.5) is 0 Å². The van der Waals surface area contributed by atoms with Crippen molar-refractivity contribution < 1.29 is 48.1 Å². The summed E-state index contributed by atoms with van der Waals surface area (Å²) in [5.74, 6) is 0.517. The molecule has 4 heterocycles. The molecule has 4 fully saturated rings. The van der Waals surface area contributed by atoms with Crippen molar-refractivity contribution in [1.29, 1.82) is 0 Å². The summed E-state index contributed by atoms with van der Waals surface area (Å²) in [5, 5.41) is 22.3. The van der Waals surface area contributed by atoms with Crippen LogP contribution in [0.2, 0.25) is 0 Å². The van der Waals surface area contributed by atoms with E-state index in [2.05, 4.69) is 60.6 Å². The first-order chi connectivity index (χ1) is 26.7. The van der Waals surface area contributed by atoms with Crippen LogP contribution in [0.25, 0.3) is 0 Å². The van der Waals surface area contributed by atoms with E-state index in [0.29, 0.717) is 5.92 Å². The van der Waals surface area contributed by atoms with Crippen molar-refractivity contribution in [2.24, 2.45) is 29.6 Å². The molecule has 4 saturated heterocycles. The van der Waals surface area contributed by atoms with Crippen molar-refractivity contribution in [2.45, 2.75) is 186 Å². The number of ether oxygens (including phenoxy) is 8. The van der Waals surface area contributed by atoms with E-state index in [1.54, 1.807) is 28.4 Å². The van der Waals surface area contributed by atoms with E-state index >= 15 is 0 Å². The zero-order chi connectivity index (χ0) is 41.3. The summed E-state index contributed by atoms with van der Waals surface area (Å²) in [4.78, 5) is 0. The quantitative estimate of drug-likeness (QED) is 0.0848. The topological polar surface area (TPSA) is 121 Å². The first-order valence-corrected chi connectivity index (χ1v) is 21.5. The van der Waals surface area contributed by atoms with E-state index < -0.39 is 12.2 Å². The van der Waals surface area contributed by atoms with Crippen LogP contribution < -0.4 is 0 Å². The highest BCUT2D eigenvalue weighted by Gasteiger charge is 2.52. The first kappa shape index (κ1) is 47.2. The molecule has 0 bridgehead atoms. The van der Waals surface area contributed by atoms with E-state index in [0.717, 1.165) is 49.7 Å². The number of epoxide rings is 2.